The third-order valence-electron chi connectivity index (χ3n) is 4.70. The summed E-state index contributed by atoms with van der Waals surface area (Å²) in [4.78, 5) is 25.8. The number of hydrogen-bond acceptors (Lipinski definition) is 6. The molecule has 0 radical (unpaired) electrons. The molecule has 0 N–H and O–H groups in total. The number of hydrogen-bond donors (Lipinski definition) is 0. The van der Waals surface area contributed by atoms with Crippen LogP contribution in [0, 0.1) is 5.92 Å². The molecule has 2 rings (SSSR count). The molecule has 0 spiro atoms. The minimum Gasteiger partial charge on any atom is -0.481 e. The highest BCUT2D eigenvalue weighted by molar-refractivity contribution is 7.92. The van der Waals surface area contributed by atoms with Crippen molar-refractivity contribution >= 4 is 27.6 Å². The van der Waals surface area contributed by atoms with Gasteiger partial charge in [0.15, 0.2) is 6.10 Å². The number of benzene rings is 1. The lowest BCUT2D eigenvalue weighted by Crippen LogP contribution is -2.45. The Morgan fingerprint density at radius 3 is 2.22 bits per heavy atom. The molecule has 1 atom stereocenters. The molecule has 150 valence electrons. The second-order valence-corrected chi connectivity index (χ2v) is 8.62. The van der Waals surface area contributed by atoms with Crippen LogP contribution in [-0.4, -0.2) is 64.8 Å². The number of nitrogens with zero attached hydrogens (tertiary/aromatic N) is 2. The Hall–Kier alpha value is -2.29. The molecule has 1 aliphatic heterocycles. The van der Waals surface area contributed by atoms with Crippen molar-refractivity contribution in [3.05, 3.63) is 24.3 Å². The number of methoxy groups -OCH3 is 1. The zero-order chi connectivity index (χ0) is 20.2. The van der Waals surface area contributed by atoms with E-state index >= 15 is 0 Å². The van der Waals surface area contributed by atoms with Crippen LogP contribution in [0.5, 0.6) is 5.75 Å². The largest absolute Gasteiger partial charge is 0.481 e. The summed E-state index contributed by atoms with van der Waals surface area (Å²) in [5.74, 6) is -0.0539. The Kier molecular flexibility index (Phi) is 6.69. The molecular formula is C18H26N2O6S. The van der Waals surface area contributed by atoms with Gasteiger partial charge in [-0.25, -0.2) is 8.42 Å². The van der Waals surface area contributed by atoms with Crippen LogP contribution in [0.1, 0.15) is 19.8 Å². The van der Waals surface area contributed by atoms with Crippen LogP contribution in [-0.2, 0) is 24.3 Å². The molecule has 1 aromatic carbocycles. The van der Waals surface area contributed by atoms with Gasteiger partial charge in [-0.05, 0) is 44.0 Å². The van der Waals surface area contributed by atoms with E-state index in [1.165, 1.54) is 14.2 Å². The summed E-state index contributed by atoms with van der Waals surface area (Å²) in [6, 6.07) is 6.50. The smallest absolute Gasteiger partial charge is 0.308 e. The lowest BCUT2D eigenvalue weighted by Gasteiger charge is -2.32. The number of piperidine rings is 1. The van der Waals surface area contributed by atoms with Crippen LogP contribution < -0.4 is 9.04 Å². The van der Waals surface area contributed by atoms with Gasteiger partial charge >= 0.3 is 5.97 Å². The van der Waals surface area contributed by atoms with E-state index in [0.717, 1.165) is 10.6 Å². The van der Waals surface area contributed by atoms with Gasteiger partial charge in [0, 0.05) is 20.1 Å². The fourth-order valence-electron chi connectivity index (χ4n) is 2.94. The number of carbonyl (C=O) groups is 2. The van der Waals surface area contributed by atoms with Crippen LogP contribution >= 0.6 is 0 Å². The van der Waals surface area contributed by atoms with E-state index in [-0.39, 0.29) is 17.8 Å². The molecule has 1 amide bonds. The van der Waals surface area contributed by atoms with Crippen LogP contribution in [0.25, 0.3) is 0 Å². The highest BCUT2D eigenvalue weighted by Gasteiger charge is 2.30. The summed E-state index contributed by atoms with van der Waals surface area (Å²) >= 11 is 0. The maximum Gasteiger partial charge on any atom is 0.308 e. The summed E-state index contributed by atoms with van der Waals surface area (Å²) in [5, 5.41) is 0. The number of amides is 1. The normalized spacial score (nSPS) is 16.5. The molecule has 0 aromatic heterocycles. The summed E-state index contributed by atoms with van der Waals surface area (Å²) in [7, 11) is -0.496. The molecular weight excluding hydrogens is 372 g/mol. The SMILES string of the molecule is COC(=O)C1CCN(C(=O)[C@H](C)Oc2ccc(N(C)S(C)(=O)=O)cc2)CC1. The van der Waals surface area contributed by atoms with Crippen molar-refractivity contribution in [2.45, 2.75) is 25.9 Å². The number of anilines is 1. The predicted octanol–water partition coefficient (Wildman–Crippen LogP) is 1.26. The Balaban J connectivity index is 1.92. The van der Waals surface area contributed by atoms with E-state index in [4.69, 9.17) is 9.47 Å². The molecule has 0 aliphatic carbocycles. The second-order valence-electron chi connectivity index (χ2n) is 6.61. The molecule has 1 heterocycles. The first-order valence-electron chi connectivity index (χ1n) is 8.70. The third kappa shape index (κ3) is 5.35. The van der Waals surface area contributed by atoms with E-state index in [1.807, 2.05) is 0 Å². The van der Waals surface area contributed by atoms with Crippen LogP contribution in [0.15, 0.2) is 24.3 Å². The Morgan fingerprint density at radius 2 is 1.74 bits per heavy atom. The fraction of sp³-hybridized carbons (Fsp3) is 0.556. The molecule has 1 saturated heterocycles. The molecule has 8 nitrogen and oxygen atoms in total. The highest BCUT2D eigenvalue weighted by atomic mass is 32.2. The topological polar surface area (TPSA) is 93.2 Å². The molecule has 1 aliphatic rings. The second kappa shape index (κ2) is 8.60. The standard InChI is InChI=1S/C18H26N2O6S/c1-13(17(21)20-11-9-14(10-12-20)18(22)25-3)26-16-7-5-15(6-8-16)19(2)27(4,23)24/h5-8,13-14H,9-12H2,1-4H3/t13-/m0/s1. The van der Waals surface area contributed by atoms with Gasteiger partial charge in [0.05, 0.1) is 25.0 Å². The lowest BCUT2D eigenvalue weighted by atomic mass is 9.97. The van der Waals surface area contributed by atoms with E-state index < -0.39 is 16.1 Å². The molecule has 1 aromatic rings. The van der Waals surface area contributed by atoms with Crippen molar-refractivity contribution in [1.29, 1.82) is 0 Å². The average molecular weight is 398 g/mol. The number of sulfonamides is 1. The maximum absolute atomic E-state index is 12.6. The zero-order valence-electron chi connectivity index (χ0n) is 16.0. The molecule has 0 saturated carbocycles. The molecule has 0 unspecified atom stereocenters. The minimum atomic E-state index is -3.33. The number of ether oxygens (including phenoxy) is 2. The van der Waals surface area contributed by atoms with Crippen LogP contribution in [0.3, 0.4) is 0 Å². The van der Waals surface area contributed by atoms with Gasteiger partial charge in [-0.2, -0.15) is 0 Å². The van der Waals surface area contributed by atoms with Crippen molar-refractivity contribution in [2.24, 2.45) is 5.92 Å². The number of rotatable bonds is 6. The van der Waals surface area contributed by atoms with E-state index in [2.05, 4.69) is 0 Å². The first-order valence-corrected chi connectivity index (χ1v) is 10.6. The zero-order valence-corrected chi connectivity index (χ0v) is 16.9. The summed E-state index contributed by atoms with van der Waals surface area (Å²) in [5.41, 5.74) is 0.508. The molecule has 9 heteroatoms. The number of esters is 1. The van der Waals surface area contributed by atoms with Crippen molar-refractivity contribution in [1.82, 2.24) is 4.90 Å². The van der Waals surface area contributed by atoms with Crippen molar-refractivity contribution in [3.63, 3.8) is 0 Å². The molecule has 0 bridgehead atoms. The Morgan fingerprint density at radius 1 is 1.19 bits per heavy atom. The van der Waals surface area contributed by atoms with Gasteiger partial charge in [0.25, 0.3) is 5.91 Å². The lowest BCUT2D eigenvalue weighted by molar-refractivity contribution is -0.150. The summed E-state index contributed by atoms with van der Waals surface area (Å²) in [6.45, 7) is 2.65. The minimum absolute atomic E-state index is 0.143. The number of carbonyl (C=O) groups excluding carboxylic acids is 2. The van der Waals surface area contributed by atoms with Crippen molar-refractivity contribution in [2.75, 3.05) is 37.8 Å². The van der Waals surface area contributed by atoms with Crippen LogP contribution in [0.4, 0.5) is 5.69 Å². The first kappa shape index (κ1) is 21.0. The first-order chi connectivity index (χ1) is 12.6. The van der Waals surface area contributed by atoms with Gasteiger partial charge in [0.2, 0.25) is 10.0 Å². The van der Waals surface area contributed by atoms with Crippen molar-refractivity contribution < 1.29 is 27.5 Å². The predicted molar refractivity (Wildman–Crippen MR) is 101 cm³/mol. The Bertz CT molecular complexity index is 770. The average Bonchev–Trinajstić information content (AvgIpc) is 2.66. The van der Waals surface area contributed by atoms with E-state index in [0.29, 0.717) is 37.4 Å². The highest BCUT2D eigenvalue weighted by Crippen LogP contribution is 2.23. The number of likely N-dealkylation sites (tertiary alicyclic amines) is 1. The van der Waals surface area contributed by atoms with Gasteiger partial charge in [-0.1, -0.05) is 0 Å². The quantitative estimate of drug-likeness (QED) is 0.670. The summed E-state index contributed by atoms with van der Waals surface area (Å²) in [6.07, 6.45) is 1.61. The Labute approximate surface area is 160 Å². The maximum atomic E-state index is 12.6. The van der Waals surface area contributed by atoms with E-state index in [1.54, 1.807) is 36.1 Å². The fourth-order valence-corrected chi connectivity index (χ4v) is 3.44. The van der Waals surface area contributed by atoms with Gasteiger partial charge in [-0.15, -0.1) is 0 Å². The van der Waals surface area contributed by atoms with Gasteiger partial charge in [0.1, 0.15) is 5.75 Å². The third-order valence-corrected chi connectivity index (χ3v) is 5.91. The van der Waals surface area contributed by atoms with Gasteiger partial charge in [-0.3, -0.25) is 13.9 Å². The van der Waals surface area contributed by atoms with E-state index in [9.17, 15) is 18.0 Å². The molecule has 27 heavy (non-hydrogen) atoms. The molecule has 1 fully saturated rings. The van der Waals surface area contributed by atoms with Gasteiger partial charge < -0.3 is 14.4 Å². The van der Waals surface area contributed by atoms with Crippen LogP contribution in [0.2, 0.25) is 0 Å². The monoisotopic (exact) mass is 398 g/mol. The van der Waals surface area contributed by atoms with Crippen molar-refractivity contribution in [3.8, 4) is 5.75 Å². The summed E-state index contributed by atoms with van der Waals surface area (Å²) < 4.78 is 34.7.